The predicted molar refractivity (Wildman–Crippen MR) is 85.1 cm³/mol. The maximum atomic E-state index is 13.4. The summed E-state index contributed by atoms with van der Waals surface area (Å²) in [5.74, 6) is 0.387. The van der Waals surface area contributed by atoms with Gasteiger partial charge in [0.1, 0.15) is 0 Å². The molecule has 1 fully saturated rings. The molecule has 1 N–H and O–H groups in total. The van der Waals surface area contributed by atoms with Gasteiger partial charge in [-0.05, 0) is 50.2 Å². The minimum Gasteiger partial charge on any atom is -0.368 e. The molecule has 148 valence electrons. The average Bonchev–Trinajstić information content (AvgIpc) is 2.52. The molecule has 1 aromatic carbocycles. The van der Waals surface area contributed by atoms with E-state index in [1.807, 2.05) is 6.92 Å². The van der Waals surface area contributed by atoms with E-state index in [1.54, 1.807) is 0 Å². The molecule has 0 spiro atoms. The maximum Gasteiger partial charge on any atom is 0.430 e. The summed E-state index contributed by atoms with van der Waals surface area (Å²) in [6, 6.07) is 3.68. The molecule has 1 unspecified atom stereocenters. The minimum atomic E-state index is -4.92. The van der Waals surface area contributed by atoms with Crippen LogP contribution in [0, 0.1) is 5.92 Å². The molecular formula is C18H23F6NO. The summed E-state index contributed by atoms with van der Waals surface area (Å²) in [4.78, 5) is 0.897. The number of nitrogens with zero attached hydrogens (tertiary/aromatic N) is 1. The van der Waals surface area contributed by atoms with Crippen LogP contribution < -0.4 is 0 Å². The summed E-state index contributed by atoms with van der Waals surface area (Å²) in [6.07, 6.45) is -7.13. The van der Waals surface area contributed by atoms with E-state index in [-0.39, 0.29) is 5.56 Å². The van der Waals surface area contributed by atoms with E-state index < -0.39 is 36.2 Å². The normalized spacial score (nSPS) is 24.5. The highest BCUT2D eigenvalue weighted by Crippen LogP contribution is 2.39. The molecule has 8 heteroatoms. The summed E-state index contributed by atoms with van der Waals surface area (Å²) in [7, 11) is 0. The van der Waals surface area contributed by atoms with Crippen LogP contribution >= 0.6 is 0 Å². The lowest BCUT2D eigenvalue weighted by atomic mass is 9.85. The van der Waals surface area contributed by atoms with Crippen LogP contribution in [0.1, 0.15) is 50.7 Å². The topological polar surface area (TPSA) is 23.5 Å². The maximum absolute atomic E-state index is 13.4. The Balaban J connectivity index is 2.33. The fraction of sp³-hybridized carbons (Fsp3) is 0.667. The molecule has 1 aliphatic carbocycles. The van der Waals surface area contributed by atoms with E-state index in [0.29, 0.717) is 25.7 Å². The van der Waals surface area contributed by atoms with Gasteiger partial charge in [0.25, 0.3) is 0 Å². The van der Waals surface area contributed by atoms with Gasteiger partial charge in [-0.15, -0.1) is 0 Å². The van der Waals surface area contributed by atoms with Crippen molar-refractivity contribution in [2.45, 2.75) is 70.2 Å². The molecule has 0 aromatic heterocycles. The smallest absolute Gasteiger partial charge is 0.368 e. The van der Waals surface area contributed by atoms with E-state index in [2.05, 4.69) is 0 Å². The molecule has 0 heterocycles. The van der Waals surface area contributed by atoms with Gasteiger partial charge in [0, 0.05) is 12.6 Å². The zero-order chi connectivity index (χ0) is 19.8. The second-order valence-corrected chi connectivity index (χ2v) is 7.26. The number of aliphatic hydroxyl groups is 1. The summed E-state index contributed by atoms with van der Waals surface area (Å²) in [6.45, 7) is 2.27. The third kappa shape index (κ3) is 4.71. The standard InChI is InChI=1S/C18H23F6NO/c1-12-6-8-15(9-7-12)25(16(2,26)18(22,23)24)11-13-4-3-5-14(10-13)17(19,20)21/h3-5,10,12,15,26H,6-9,11H2,1-2H3. The highest BCUT2D eigenvalue weighted by molar-refractivity contribution is 5.26. The van der Waals surface area contributed by atoms with Crippen LogP contribution in [0.2, 0.25) is 0 Å². The van der Waals surface area contributed by atoms with Gasteiger partial charge in [0.15, 0.2) is 0 Å². The number of rotatable bonds is 4. The summed E-state index contributed by atoms with van der Waals surface area (Å²) >= 11 is 0. The van der Waals surface area contributed by atoms with Gasteiger partial charge in [0.2, 0.25) is 5.72 Å². The quantitative estimate of drug-likeness (QED) is 0.559. The van der Waals surface area contributed by atoms with E-state index >= 15 is 0 Å². The number of alkyl halides is 6. The van der Waals surface area contributed by atoms with Gasteiger partial charge in [-0.1, -0.05) is 25.1 Å². The Morgan fingerprint density at radius 3 is 2.12 bits per heavy atom. The van der Waals surface area contributed by atoms with E-state index in [0.717, 1.165) is 29.9 Å². The first kappa shape index (κ1) is 21.0. The first-order chi connectivity index (χ1) is 11.8. The minimum absolute atomic E-state index is 0.0861. The number of hydrogen-bond donors (Lipinski definition) is 1. The second kappa shape index (κ2) is 7.38. The van der Waals surface area contributed by atoms with Gasteiger partial charge in [-0.25, -0.2) is 0 Å². The Bertz CT molecular complexity index is 602. The number of halogens is 6. The predicted octanol–water partition coefficient (Wildman–Crippen LogP) is 5.36. The Morgan fingerprint density at radius 1 is 1.04 bits per heavy atom. The van der Waals surface area contributed by atoms with Crippen molar-refractivity contribution in [2.24, 2.45) is 5.92 Å². The molecule has 1 saturated carbocycles. The van der Waals surface area contributed by atoms with Crippen LogP contribution in [0.3, 0.4) is 0 Å². The summed E-state index contributed by atoms with van der Waals surface area (Å²) in [5.41, 5.74) is -3.95. The van der Waals surface area contributed by atoms with Gasteiger partial charge in [-0.2, -0.15) is 26.3 Å². The largest absolute Gasteiger partial charge is 0.430 e. The molecule has 0 saturated heterocycles. The lowest BCUT2D eigenvalue weighted by molar-refractivity contribution is -0.318. The molecule has 2 rings (SSSR count). The fourth-order valence-corrected chi connectivity index (χ4v) is 3.40. The monoisotopic (exact) mass is 383 g/mol. The fourth-order valence-electron chi connectivity index (χ4n) is 3.40. The molecule has 0 aliphatic heterocycles. The molecule has 1 aliphatic rings. The third-order valence-electron chi connectivity index (χ3n) is 5.13. The lowest BCUT2D eigenvalue weighted by Gasteiger charge is -2.45. The Hall–Kier alpha value is -1.28. The van der Waals surface area contributed by atoms with Crippen molar-refractivity contribution in [2.75, 3.05) is 0 Å². The zero-order valence-corrected chi connectivity index (χ0v) is 14.7. The highest BCUT2D eigenvalue weighted by atomic mass is 19.4. The van der Waals surface area contributed by atoms with Crippen molar-refractivity contribution in [1.82, 2.24) is 4.90 Å². The highest BCUT2D eigenvalue weighted by Gasteiger charge is 2.55. The van der Waals surface area contributed by atoms with Crippen LogP contribution in [0.4, 0.5) is 26.3 Å². The lowest BCUT2D eigenvalue weighted by Crippen LogP contribution is -2.60. The Labute approximate surface area is 148 Å². The van der Waals surface area contributed by atoms with Gasteiger partial charge in [-0.3, -0.25) is 4.90 Å². The molecule has 0 amide bonds. The molecule has 0 radical (unpaired) electrons. The molecule has 1 aromatic rings. The first-order valence-corrected chi connectivity index (χ1v) is 8.54. The molecule has 26 heavy (non-hydrogen) atoms. The van der Waals surface area contributed by atoms with Gasteiger partial charge in [0.05, 0.1) is 5.56 Å². The summed E-state index contributed by atoms with van der Waals surface area (Å²) < 4.78 is 78.9. The Kier molecular flexibility index (Phi) is 5.97. The van der Waals surface area contributed by atoms with Crippen molar-refractivity contribution in [3.63, 3.8) is 0 Å². The van der Waals surface area contributed by atoms with Crippen molar-refractivity contribution < 1.29 is 31.4 Å². The second-order valence-electron chi connectivity index (χ2n) is 7.26. The van der Waals surface area contributed by atoms with Crippen molar-refractivity contribution in [1.29, 1.82) is 0 Å². The van der Waals surface area contributed by atoms with E-state index in [1.165, 1.54) is 12.1 Å². The van der Waals surface area contributed by atoms with Crippen LogP contribution in [0.25, 0.3) is 0 Å². The third-order valence-corrected chi connectivity index (χ3v) is 5.13. The molecular weight excluding hydrogens is 360 g/mol. The SMILES string of the molecule is CC1CCC(N(Cc2cccc(C(F)(F)F)c2)C(C)(O)C(F)(F)F)CC1. The zero-order valence-electron chi connectivity index (χ0n) is 14.7. The molecule has 2 nitrogen and oxygen atoms in total. The van der Waals surface area contributed by atoms with Gasteiger partial charge < -0.3 is 5.11 Å². The van der Waals surface area contributed by atoms with Crippen LogP contribution in [0.5, 0.6) is 0 Å². The number of hydrogen-bond acceptors (Lipinski definition) is 2. The molecule has 1 atom stereocenters. The number of benzene rings is 1. The van der Waals surface area contributed by atoms with Crippen LogP contribution in [-0.4, -0.2) is 27.9 Å². The van der Waals surface area contributed by atoms with Gasteiger partial charge >= 0.3 is 12.4 Å². The van der Waals surface area contributed by atoms with E-state index in [4.69, 9.17) is 0 Å². The molecule has 0 bridgehead atoms. The average molecular weight is 383 g/mol. The van der Waals surface area contributed by atoms with Crippen molar-refractivity contribution in [3.8, 4) is 0 Å². The van der Waals surface area contributed by atoms with E-state index in [9.17, 15) is 31.4 Å². The Morgan fingerprint density at radius 2 is 1.62 bits per heavy atom. The van der Waals surface area contributed by atoms with Crippen LogP contribution in [-0.2, 0) is 12.7 Å². The first-order valence-electron chi connectivity index (χ1n) is 8.54. The van der Waals surface area contributed by atoms with Crippen LogP contribution in [0.15, 0.2) is 24.3 Å². The van der Waals surface area contributed by atoms with Crippen molar-refractivity contribution in [3.05, 3.63) is 35.4 Å². The van der Waals surface area contributed by atoms with Crippen molar-refractivity contribution >= 4 is 0 Å². The summed E-state index contributed by atoms with van der Waals surface area (Å²) in [5, 5.41) is 10.2.